The zero-order valence-corrected chi connectivity index (χ0v) is 12.3. The van der Waals surface area contributed by atoms with Crippen LogP contribution >= 0.6 is 27.5 Å². The highest BCUT2D eigenvalue weighted by molar-refractivity contribution is 9.10. The monoisotopic (exact) mass is 341 g/mol. The number of halogens is 3. The van der Waals surface area contributed by atoms with Gasteiger partial charge in [-0.1, -0.05) is 33.6 Å². The molecule has 0 aliphatic carbocycles. The van der Waals surface area contributed by atoms with Crippen LogP contribution in [-0.4, -0.2) is 5.91 Å². The van der Waals surface area contributed by atoms with Crippen LogP contribution in [0.2, 0.25) is 5.02 Å². The molecule has 0 radical (unpaired) electrons. The van der Waals surface area contributed by atoms with Crippen LogP contribution in [0.5, 0.6) is 0 Å². The number of hydrogen-bond acceptors (Lipinski definition) is 1. The van der Waals surface area contributed by atoms with Crippen molar-refractivity contribution in [3.8, 4) is 0 Å². The number of carbonyl (C=O) groups excluding carboxylic acids is 1. The van der Waals surface area contributed by atoms with Crippen LogP contribution in [0, 0.1) is 12.7 Å². The molecule has 0 saturated heterocycles. The van der Waals surface area contributed by atoms with Crippen molar-refractivity contribution in [2.75, 3.05) is 5.32 Å². The van der Waals surface area contributed by atoms with Crippen LogP contribution in [0.3, 0.4) is 0 Å². The molecule has 0 aliphatic heterocycles. The van der Waals surface area contributed by atoms with Gasteiger partial charge in [-0.05, 0) is 42.8 Å². The first-order valence-electron chi connectivity index (χ1n) is 5.50. The molecule has 0 fully saturated rings. The Morgan fingerprint density at radius 3 is 2.74 bits per heavy atom. The first-order valence-corrected chi connectivity index (χ1v) is 6.67. The molecule has 0 aliphatic rings. The third-order valence-corrected chi connectivity index (χ3v) is 3.44. The molecule has 19 heavy (non-hydrogen) atoms. The van der Waals surface area contributed by atoms with Gasteiger partial charge in [0.05, 0.1) is 10.6 Å². The van der Waals surface area contributed by atoms with E-state index in [-0.39, 0.29) is 5.91 Å². The molecule has 5 heteroatoms. The second kappa shape index (κ2) is 5.72. The van der Waals surface area contributed by atoms with Gasteiger partial charge >= 0.3 is 0 Å². The van der Waals surface area contributed by atoms with Gasteiger partial charge in [-0.2, -0.15) is 0 Å². The Labute approximate surface area is 123 Å². The van der Waals surface area contributed by atoms with Gasteiger partial charge < -0.3 is 5.32 Å². The van der Waals surface area contributed by atoms with Crippen LogP contribution in [0.4, 0.5) is 10.1 Å². The van der Waals surface area contributed by atoms with Crippen molar-refractivity contribution in [2.24, 2.45) is 0 Å². The number of carbonyl (C=O) groups is 1. The summed E-state index contributed by atoms with van der Waals surface area (Å²) in [4.78, 5) is 12.1. The maximum absolute atomic E-state index is 13.2. The number of rotatable bonds is 2. The quantitative estimate of drug-likeness (QED) is 0.834. The van der Waals surface area contributed by atoms with E-state index in [4.69, 9.17) is 11.6 Å². The highest BCUT2D eigenvalue weighted by Gasteiger charge is 2.12. The van der Waals surface area contributed by atoms with E-state index in [9.17, 15) is 9.18 Å². The smallest absolute Gasteiger partial charge is 0.257 e. The number of aryl methyl sites for hydroxylation is 1. The van der Waals surface area contributed by atoms with Gasteiger partial charge in [0.1, 0.15) is 5.82 Å². The Balaban J connectivity index is 2.30. The Morgan fingerprint density at radius 2 is 2.00 bits per heavy atom. The van der Waals surface area contributed by atoms with Crippen molar-refractivity contribution in [3.63, 3.8) is 0 Å². The van der Waals surface area contributed by atoms with Gasteiger partial charge in [-0.25, -0.2) is 4.39 Å². The van der Waals surface area contributed by atoms with E-state index in [1.165, 1.54) is 12.1 Å². The molecular weight excluding hydrogens is 333 g/mol. The maximum atomic E-state index is 13.2. The van der Waals surface area contributed by atoms with Crippen LogP contribution < -0.4 is 5.32 Å². The Kier molecular flexibility index (Phi) is 4.22. The third kappa shape index (κ3) is 3.33. The van der Waals surface area contributed by atoms with E-state index in [2.05, 4.69) is 21.2 Å². The van der Waals surface area contributed by atoms with Crippen molar-refractivity contribution in [3.05, 3.63) is 62.8 Å². The number of hydrogen-bond donors (Lipinski definition) is 1. The molecule has 0 heterocycles. The number of nitrogens with one attached hydrogen (secondary N) is 1. The molecule has 0 aromatic heterocycles. The molecule has 2 aromatic carbocycles. The van der Waals surface area contributed by atoms with Crippen LogP contribution in [0.15, 0.2) is 40.9 Å². The lowest BCUT2D eigenvalue weighted by Gasteiger charge is -2.09. The van der Waals surface area contributed by atoms with E-state index in [0.717, 1.165) is 10.0 Å². The minimum atomic E-state index is -0.402. The molecule has 2 nitrogen and oxygen atoms in total. The van der Waals surface area contributed by atoms with E-state index in [0.29, 0.717) is 16.3 Å². The topological polar surface area (TPSA) is 29.1 Å². The lowest BCUT2D eigenvalue weighted by molar-refractivity contribution is 0.102. The standard InChI is InChI=1S/C14H10BrClFNO/c1-8-2-4-10(17)7-13(8)18-14(19)11-6-9(15)3-5-12(11)16/h2-7H,1H3,(H,18,19). The number of benzene rings is 2. The van der Waals surface area contributed by atoms with E-state index < -0.39 is 5.82 Å². The highest BCUT2D eigenvalue weighted by Crippen LogP contribution is 2.23. The summed E-state index contributed by atoms with van der Waals surface area (Å²) in [5, 5.41) is 2.99. The second-order valence-corrected chi connectivity index (χ2v) is 5.36. The Morgan fingerprint density at radius 1 is 1.26 bits per heavy atom. The summed E-state index contributed by atoms with van der Waals surface area (Å²) in [7, 11) is 0. The predicted molar refractivity (Wildman–Crippen MR) is 78.2 cm³/mol. The van der Waals surface area contributed by atoms with Gasteiger partial charge in [0.15, 0.2) is 0 Å². The summed E-state index contributed by atoms with van der Waals surface area (Å²) in [6.07, 6.45) is 0. The summed E-state index contributed by atoms with van der Waals surface area (Å²) >= 11 is 9.25. The highest BCUT2D eigenvalue weighted by atomic mass is 79.9. The first-order chi connectivity index (χ1) is 8.97. The van der Waals surface area contributed by atoms with Gasteiger partial charge in [0, 0.05) is 10.2 Å². The minimum absolute atomic E-state index is 0.333. The molecule has 0 bridgehead atoms. The summed E-state index contributed by atoms with van der Waals surface area (Å²) in [5.41, 5.74) is 1.54. The van der Waals surface area contributed by atoms with Gasteiger partial charge in [0.25, 0.3) is 5.91 Å². The SMILES string of the molecule is Cc1ccc(F)cc1NC(=O)c1cc(Br)ccc1Cl. The average molecular weight is 343 g/mol. The fourth-order valence-corrected chi connectivity index (χ4v) is 2.15. The maximum Gasteiger partial charge on any atom is 0.257 e. The van der Waals surface area contributed by atoms with Crippen molar-refractivity contribution < 1.29 is 9.18 Å². The summed E-state index contributed by atoms with van der Waals surface area (Å²) in [6, 6.07) is 9.21. The van der Waals surface area contributed by atoms with Crippen LogP contribution in [-0.2, 0) is 0 Å². The lowest BCUT2D eigenvalue weighted by Crippen LogP contribution is -2.13. The summed E-state index contributed by atoms with van der Waals surface area (Å²) in [6.45, 7) is 1.79. The van der Waals surface area contributed by atoms with Crippen molar-refractivity contribution >= 4 is 39.1 Å². The molecule has 2 rings (SSSR count). The second-order valence-electron chi connectivity index (χ2n) is 4.04. The number of anilines is 1. The first kappa shape index (κ1) is 14.0. The molecule has 1 amide bonds. The van der Waals surface area contributed by atoms with E-state index >= 15 is 0 Å². The summed E-state index contributed by atoms with van der Waals surface area (Å²) < 4.78 is 13.9. The molecule has 0 spiro atoms. The van der Waals surface area contributed by atoms with Crippen molar-refractivity contribution in [2.45, 2.75) is 6.92 Å². The molecule has 0 unspecified atom stereocenters. The van der Waals surface area contributed by atoms with E-state index in [1.54, 1.807) is 31.2 Å². The fraction of sp³-hybridized carbons (Fsp3) is 0.0714. The van der Waals surface area contributed by atoms with Gasteiger partial charge in [-0.15, -0.1) is 0 Å². The molecule has 0 atom stereocenters. The molecule has 98 valence electrons. The zero-order chi connectivity index (χ0) is 14.0. The fourth-order valence-electron chi connectivity index (χ4n) is 1.59. The van der Waals surface area contributed by atoms with Crippen molar-refractivity contribution in [1.82, 2.24) is 0 Å². The molecule has 2 aromatic rings. The average Bonchev–Trinajstić information content (AvgIpc) is 2.36. The van der Waals surface area contributed by atoms with Crippen LogP contribution in [0.1, 0.15) is 15.9 Å². The van der Waals surface area contributed by atoms with Crippen molar-refractivity contribution in [1.29, 1.82) is 0 Å². The minimum Gasteiger partial charge on any atom is -0.322 e. The molecule has 0 saturated carbocycles. The van der Waals surface area contributed by atoms with E-state index in [1.807, 2.05) is 0 Å². The molecule has 1 N–H and O–H groups in total. The third-order valence-electron chi connectivity index (χ3n) is 2.62. The largest absolute Gasteiger partial charge is 0.322 e. The molecular formula is C14H10BrClFNO. The normalized spacial score (nSPS) is 10.3. The Hall–Kier alpha value is -1.39. The van der Waals surface area contributed by atoms with Gasteiger partial charge in [-0.3, -0.25) is 4.79 Å². The van der Waals surface area contributed by atoms with Crippen LogP contribution in [0.25, 0.3) is 0 Å². The van der Waals surface area contributed by atoms with Gasteiger partial charge in [0.2, 0.25) is 0 Å². The number of amides is 1. The lowest BCUT2D eigenvalue weighted by atomic mass is 10.1. The Bertz CT molecular complexity index is 645. The predicted octanol–water partition coefficient (Wildman–Crippen LogP) is 4.80. The zero-order valence-electron chi connectivity index (χ0n) is 10.0. The summed E-state index contributed by atoms with van der Waals surface area (Å²) in [5.74, 6) is -0.777.